The lowest BCUT2D eigenvalue weighted by Gasteiger charge is -2.43. The molecule has 1 atom stereocenters. The number of nitrogens with one attached hydrogen (secondary N) is 2. The third kappa shape index (κ3) is 7.42. The van der Waals surface area contributed by atoms with Crippen molar-refractivity contribution in [2.45, 2.75) is 31.4 Å². The van der Waals surface area contributed by atoms with E-state index in [2.05, 4.69) is 34.6 Å². The van der Waals surface area contributed by atoms with E-state index in [9.17, 15) is 4.39 Å². The predicted octanol–water partition coefficient (Wildman–Crippen LogP) is 2.49. The number of halogens is 2. The third-order valence-corrected chi connectivity index (χ3v) is 4.89. The van der Waals surface area contributed by atoms with Crippen molar-refractivity contribution >= 4 is 29.9 Å². The Morgan fingerprint density at radius 3 is 2.44 bits per heavy atom. The van der Waals surface area contributed by atoms with Crippen molar-refractivity contribution in [3.8, 4) is 5.75 Å². The maximum absolute atomic E-state index is 12.9. The molecule has 154 valence electrons. The third-order valence-electron chi connectivity index (χ3n) is 4.89. The second-order valence-corrected chi connectivity index (χ2v) is 6.92. The summed E-state index contributed by atoms with van der Waals surface area (Å²) >= 11 is 0. The van der Waals surface area contributed by atoms with Crippen LogP contribution in [-0.4, -0.2) is 69.9 Å². The summed E-state index contributed by atoms with van der Waals surface area (Å²) < 4.78 is 24.2. The fraction of sp³-hybridized carbons (Fsp3) is 0.632. The van der Waals surface area contributed by atoms with Crippen LogP contribution in [0.3, 0.4) is 0 Å². The lowest BCUT2D eigenvalue weighted by atomic mass is 9.88. The molecule has 0 radical (unpaired) electrons. The van der Waals surface area contributed by atoms with Gasteiger partial charge in [0, 0.05) is 32.3 Å². The highest BCUT2D eigenvalue weighted by atomic mass is 127. The number of likely N-dealkylation sites (N-methyl/N-ethyl adjacent to an activating group) is 1. The minimum atomic E-state index is -0.268. The van der Waals surface area contributed by atoms with E-state index in [0.717, 1.165) is 38.6 Å². The van der Waals surface area contributed by atoms with Crippen LogP contribution < -0.4 is 15.4 Å². The van der Waals surface area contributed by atoms with Gasteiger partial charge in [0.15, 0.2) is 5.96 Å². The zero-order chi connectivity index (χ0) is 19.0. The molecule has 1 saturated heterocycles. The van der Waals surface area contributed by atoms with Gasteiger partial charge < -0.3 is 25.0 Å². The van der Waals surface area contributed by atoms with E-state index in [1.807, 2.05) is 6.92 Å². The molecular formula is C19H32FIN4O2. The van der Waals surface area contributed by atoms with E-state index in [1.165, 1.54) is 12.1 Å². The number of nitrogens with zero attached hydrogens (tertiary/aromatic N) is 2. The highest BCUT2D eigenvalue weighted by molar-refractivity contribution is 14.0. The Kier molecular flexibility index (Phi) is 10.3. The number of hydrogen-bond acceptors (Lipinski definition) is 4. The molecule has 1 fully saturated rings. The number of hydrogen-bond donors (Lipinski definition) is 2. The predicted molar refractivity (Wildman–Crippen MR) is 118 cm³/mol. The van der Waals surface area contributed by atoms with Crippen molar-refractivity contribution in [2.24, 2.45) is 4.99 Å². The maximum atomic E-state index is 12.9. The van der Waals surface area contributed by atoms with E-state index < -0.39 is 0 Å². The van der Waals surface area contributed by atoms with Crippen molar-refractivity contribution < 1.29 is 13.9 Å². The Hall–Kier alpha value is -1.13. The van der Waals surface area contributed by atoms with Crippen molar-refractivity contribution in [2.75, 3.05) is 47.4 Å². The van der Waals surface area contributed by atoms with E-state index in [0.29, 0.717) is 12.3 Å². The molecule has 8 heteroatoms. The Morgan fingerprint density at radius 2 is 1.89 bits per heavy atom. The molecule has 0 saturated carbocycles. The van der Waals surface area contributed by atoms with Gasteiger partial charge in [-0.25, -0.2) is 4.39 Å². The van der Waals surface area contributed by atoms with Gasteiger partial charge in [-0.05, 0) is 58.1 Å². The minimum absolute atomic E-state index is 0. The number of benzene rings is 1. The fourth-order valence-corrected chi connectivity index (χ4v) is 3.03. The second-order valence-electron chi connectivity index (χ2n) is 6.92. The smallest absolute Gasteiger partial charge is 0.191 e. The summed E-state index contributed by atoms with van der Waals surface area (Å²) in [4.78, 5) is 6.57. The zero-order valence-electron chi connectivity index (χ0n) is 16.6. The molecule has 2 N–H and O–H groups in total. The number of guanidine groups is 1. The van der Waals surface area contributed by atoms with Crippen molar-refractivity contribution in [3.05, 3.63) is 30.1 Å². The molecule has 0 amide bonds. The monoisotopic (exact) mass is 494 g/mol. The normalized spacial score (nSPS) is 17.8. The SMILES string of the molecule is CN=C(NCC(C)Oc1ccc(F)cc1)NCC1(N(C)C)CCOCC1.I. The van der Waals surface area contributed by atoms with Crippen LogP contribution >= 0.6 is 24.0 Å². The van der Waals surface area contributed by atoms with E-state index in [4.69, 9.17) is 9.47 Å². The van der Waals surface area contributed by atoms with Crippen LogP contribution in [-0.2, 0) is 4.74 Å². The highest BCUT2D eigenvalue weighted by Crippen LogP contribution is 2.25. The van der Waals surface area contributed by atoms with E-state index in [1.54, 1.807) is 19.2 Å². The summed E-state index contributed by atoms with van der Waals surface area (Å²) in [5.41, 5.74) is 0.0755. The lowest BCUT2D eigenvalue weighted by molar-refractivity contribution is -0.00502. The first-order valence-electron chi connectivity index (χ1n) is 9.07. The molecule has 0 spiro atoms. The summed E-state index contributed by atoms with van der Waals surface area (Å²) in [6, 6.07) is 6.05. The molecule has 1 aliphatic heterocycles. The van der Waals surface area contributed by atoms with E-state index in [-0.39, 0.29) is 41.4 Å². The topological polar surface area (TPSA) is 58.1 Å². The van der Waals surface area contributed by atoms with Gasteiger partial charge in [-0.1, -0.05) is 0 Å². The fourth-order valence-electron chi connectivity index (χ4n) is 3.03. The molecule has 1 aliphatic rings. The van der Waals surface area contributed by atoms with Gasteiger partial charge >= 0.3 is 0 Å². The van der Waals surface area contributed by atoms with Crippen LogP contribution in [0.15, 0.2) is 29.3 Å². The van der Waals surface area contributed by atoms with Gasteiger partial charge in [0.1, 0.15) is 17.7 Å². The van der Waals surface area contributed by atoms with Gasteiger partial charge in [-0.3, -0.25) is 4.99 Å². The van der Waals surface area contributed by atoms with Crippen molar-refractivity contribution in [1.29, 1.82) is 0 Å². The number of ether oxygens (including phenoxy) is 2. The first-order valence-corrected chi connectivity index (χ1v) is 9.07. The molecule has 1 unspecified atom stereocenters. The lowest BCUT2D eigenvalue weighted by Crippen LogP contribution is -2.57. The van der Waals surface area contributed by atoms with Gasteiger partial charge in [0.05, 0.1) is 6.54 Å². The Morgan fingerprint density at radius 1 is 1.26 bits per heavy atom. The molecule has 2 rings (SSSR count). The second kappa shape index (κ2) is 11.7. The van der Waals surface area contributed by atoms with Crippen LogP contribution in [0.2, 0.25) is 0 Å². The highest BCUT2D eigenvalue weighted by Gasteiger charge is 2.34. The summed E-state index contributed by atoms with van der Waals surface area (Å²) in [7, 11) is 5.98. The quantitative estimate of drug-likeness (QED) is 0.347. The number of aliphatic imine (C=N–C) groups is 1. The Labute approximate surface area is 178 Å². The molecule has 1 heterocycles. The van der Waals surface area contributed by atoms with Crippen LogP contribution in [0.5, 0.6) is 5.75 Å². The largest absolute Gasteiger partial charge is 0.489 e. The van der Waals surface area contributed by atoms with Crippen molar-refractivity contribution in [1.82, 2.24) is 15.5 Å². The molecule has 1 aromatic carbocycles. The molecule has 27 heavy (non-hydrogen) atoms. The number of rotatable bonds is 7. The van der Waals surface area contributed by atoms with Crippen LogP contribution in [0.4, 0.5) is 4.39 Å². The average Bonchev–Trinajstić information content (AvgIpc) is 2.64. The first-order chi connectivity index (χ1) is 12.4. The summed E-state index contributed by atoms with van der Waals surface area (Å²) in [6.07, 6.45) is 1.91. The zero-order valence-corrected chi connectivity index (χ0v) is 19.0. The molecule has 0 aliphatic carbocycles. The molecule has 0 aromatic heterocycles. The van der Waals surface area contributed by atoms with Crippen LogP contribution in [0, 0.1) is 5.82 Å². The van der Waals surface area contributed by atoms with Gasteiger partial charge in [0.25, 0.3) is 0 Å². The van der Waals surface area contributed by atoms with E-state index >= 15 is 0 Å². The molecular weight excluding hydrogens is 462 g/mol. The van der Waals surface area contributed by atoms with Crippen LogP contribution in [0.25, 0.3) is 0 Å². The Bertz CT molecular complexity index is 578. The first kappa shape index (κ1) is 23.9. The maximum Gasteiger partial charge on any atom is 0.191 e. The summed E-state index contributed by atoms with van der Waals surface area (Å²) in [5.74, 6) is 1.13. The molecule has 1 aromatic rings. The van der Waals surface area contributed by atoms with Gasteiger partial charge in [-0.2, -0.15) is 0 Å². The molecule has 6 nitrogen and oxygen atoms in total. The standard InChI is InChI=1S/C19H31FN4O2.HI/c1-15(26-17-7-5-16(20)6-8-17)13-22-18(21-2)23-14-19(24(3)4)9-11-25-12-10-19;/h5-8,15H,9-14H2,1-4H3,(H2,21,22,23);1H. The Balaban J connectivity index is 0.00000364. The van der Waals surface area contributed by atoms with Gasteiger partial charge in [-0.15, -0.1) is 24.0 Å². The summed E-state index contributed by atoms with van der Waals surface area (Å²) in [6.45, 7) is 4.93. The summed E-state index contributed by atoms with van der Waals surface area (Å²) in [5, 5.41) is 6.71. The average molecular weight is 494 g/mol. The van der Waals surface area contributed by atoms with Crippen LogP contribution in [0.1, 0.15) is 19.8 Å². The van der Waals surface area contributed by atoms with Gasteiger partial charge in [0.2, 0.25) is 0 Å². The minimum Gasteiger partial charge on any atom is -0.489 e. The molecule has 0 bridgehead atoms. The van der Waals surface area contributed by atoms with Crippen molar-refractivity contribution in [3.63, 3.8) is 0 Å².